The number of hydrogen-bond donors (Lipinski definition) is 0. The summed E-state index contributed by atoms with van der Waals surface area (Å²) in [6.45, 7) is 9.78. The van der Waals surface area contributed by atoms with Crippen LogP contribution in [0.1, 0.15) is 0 Å². The summed E-state index contributed by atoms with van der Waals surface area (Å²) in [5.74, 6) is 0. The molecule has 0 N–H and O–H groups in total. The van der Waals surface area contributed by atoms with Gasteiger partial charge in [-0.2, -0.15) is 7.37 Å². The second-order valence-corrected chi connectivity index (χ2v) is 7.43. The van der Waals surface area contributed by atoms with Crippen molar-refractivity contribution in [2.45, 2.75) is 13.6 Å². The fourth-order valence-electron chi connectivity index (χ4n) is 0.540. The molecule has 0 fully saturated rings. The summed E-state index contributed by atoms with van der Waals surface area (Å²) in [6.07, 6.45) is 0. The van der Waals surface area contributed by atoms with E-state index >= 15 is 0 Å². The fraction of sp³-hybridized carbons (Fsp3) is 1.00. The maximum absolute atomic E-state index is 2.32. The van der Waals surface area contributed by atoms with Crippen molar-refractivity contribution in [3.05, 3.63) is 0 Å². The van der Waals surface area contributed by atoms with Crippen molar-refractivity contribution < 1.29 is 0 Å². The Labute approximate surface area is 50.7 Å². The topological polar surface area (TPSA) is 0 Å². The molecule has 0 spiro atoms. The second kappa shape index (κ2) is 5.13. The molecule has 0 aromatic rings. The van der Waals surface area contributed by atoms with Crippen LogP contribution in [0.25, 0.3) is 0 Å². The van der Waals surface area contributed by atoms with Crippen LogP contribution in [0, 0.1) is 0 Å². The van der Waals surface area contributed by atoms with E-state index in [9.17, 15) is 0 Å². The highest BCUT2D eigenvalue weighted by Crippen LogP contribution is 2.49. The highest BCUT2D eigenvalue weighted by atomic mass is 32.0. The summed E-state index contributed by atoms with van der Waals surface area (Å²) in [7, 11) is 1.69. The van der Waals surface area contributed by atoms with Crippen molar-refractivity contribution in [1.82, 2.24) is 0 Å². The summed E-state index contributed by atoms with van der Waals surface area (Å²) in [6, 6.07) is 0. The van der Waals surface area contributed by atoms with Crippen LogP contribution in [-0.2, 0) is 0 Å². The van der Waals surface area contributed by atoms with Gasteiger partial charge in [0.05, 0.1) is 0 Å². The molecule has 0 nitrogen and oxygen atoms in total. The zero-order valence-corrected chi connectivity index (χ0v) is 7.26. The molecular formula is C3H12B2P2. The van der Waals surface area contributed by atoms with Gasteiger partial charge in [0.1, 0.15) is 14.0 Å². The summed E-state index contributed by atoms with van der Waals surface area (Å²) >= 11 is 0. The summed E-state index contributed by atoms with van der Waals surface area (Å²) in [4.78, 5) is 0. The van der Waals surface area contributed by atoms with Gasteiger partial charge in [0.15, 0.2) is 0 Å². The Kier molecular flexibility index (Phi) is 5.86. The summed E-state index contributed by atoms with van der Waals surface area (Å²) in [5.41, 5.74) is 0. The van der Waals surface area contributed by atoms with E-state index < -0.39 is 0 Å². The van der Waals surface area contributed by atoms with E-state index in [-0.39, 0.29) is 0 Å². The van der Waals surface area contributed by atoms with Gasteiger partial charge in [-0.05, 0) is 6.66 Å². The molecule has 0 radical (unpaired) electrons. The molecule has 1 unspecified atom stereocenters. The third kappa shape index (κ3) is 3.56. The van der Waals surface area contributed by atoms with Crippen LogP contribution < -0.4 is 0 Å². The summed E-state index contributed by atoms with van der Waals surface area (Å²) in [5, 5.41) is 0. The van der Waals surface area contributed by atoms with Crippen molar-refractivity contribution in [1.29, 1.82) is 0 Å². The first-order valence-corrected chi connectivity index (χ1v) is 6.82. The lowest BCUT2D eigenvalue weighted by Crippen LogP contribution is -1.80. The quantitative estimate of drug-likeness (QED) is 0.402. The lowest BCUT2D eigenvalue weighted by atomic mass is 10.2. The molecule has 1 atom stereocenters. The SMILES string of the molecule is CBP(BC)PC. The third-order valence-electron chi connectivity index (χ3n) is 1.08. The van der Waals surface area contributed by atoms with Crippen LogP contribution in [0.5, 0.6) is 0 Å². The smallest absolute Gasteiger partial charge is 0.143 e. The first kappa shape index (κ1) is 7.99. The molecule has 40 valence electrons. The van der Waals surface area contributed by atoms with Gasteiger partial charge < -0.3 is 0 Å². The largest absolute Gasteiger partial charge is 0.158 e. The van der Waals surface area contributed by atoms with Crippen LogP contribution >= 0.6 is 15.6 Å². The van der Waals surface area contributed by atoms with Crippen molar-refractivity contribution in [3.63, 3.8) is 0 Å². The van der Waals surface area contributed by atoms with Crippen molar-refractivity contribution >= 4 is 29.6 Å². The van der Waals surface area contributed by atoms with E-state index in [4.69, 9.17) is 0 Å². The highest BCUT2D eigenvalue weighted by Gasteiger charge is 1.97. The molecule has 0 aromatic carbocycles. The van der Waals surface area contributed by atoms with E-state index in [1.54, 1.807) is 0 Å². The van der Waals surface area contributed by atoms with Crippen LogP contribution in [0.15, 0.2) is 0 Å². The maximum atomic E-state index is 2.32. The van der Waals surface area contributed by atoms with Crippen LogP contribution in [0.3, 0.4) is 0 Å². The predicted octanol–water partition coefficient (Wildman–Crippen LogP) is 1.49. The van der Waals surface area contributed by atoms with Gasteiger partial charge in [0, 0.05) is 0 Å². The van der Waals surface area contributed by atoms with Crippen LogP contribution in [-0.4, -0.2) is 20.7 Å². The molecule has 7 heavy (non-hydrogen) atoms. The average molecular weight is 132 g/mol. The van der Waals surface area contributed by atoms with Gasteiger partial charge in [0.25, 0.3) is 0 Å². The van der Waals surface area contributed by atoms with Gasteiger partial charge >= 0.3 is 0 Å². The Morgan fingerprint density at radius 3 is 1.71 bits per heavy atom. The highest BCUT2D eigenvalue weighted by molar-refractivity contribution is 8.45. The van der Waals surface area contributed by atoms with Crippen LogP contribution in [0.4, 0.5) is 0 Å². The Hall–Kier alpha value is 0.990. The second-order valence-electron chi connectivity index (χ2n) is 1.40. The van der Waals surface area contributed by atoms with Gasteiger partial charge in [-0.15, -0.1) is 8.27 Å². The monoisotopic (exact) mass is 132 g/mol. The Balaban J connectivity index is 2.99. The molecule has 0 aliphatic rings. The Bertz CT molecular complexity index is 32.4. The minimum atomic E-state index is 0.474. The normalized spacial score (nSPS) is 10.9. The first-order valence-electron chi connectivity index (χ1n) is 2.77. The minimum absolute atomic E-state index is 0.474. The van der Waals surface area contributed by atoms with E-state index in [2.05, 4.69) is 20.3 Å². The molecule has 0 saturated heterocycles. The zero-order valence-electron chi connectivity index (χ0n) is 5.36. The van der Waals surface area contributed by atoms with Crippen molar-refractivity contribution in [3.8, 4) is 0 Å². The Morgan fingerprint density at radius 1 is 1.29 bits per heavy atom. The molecule has 0 aliphatic carbocycles. The molecule has 0 aliphatic heterocycles. The lowest BCUT2D eigenvalue weighted by molar-refractivity contribution is 2.35. The van der Waals surface area contributed by atoms with Crippen molar-refractivity contribution in [2.24, 2.45) is 0 Å². The van der Waals surface area contributed by atoms with E-state index in [0.717, 1.165) is 0 Å². The Morgan fingerprint density at radius 2 is 1.71 bits per heavy atom. The van der Waals surface area contributed by atoms with Crippen molar-refractivity contribution in [2.75, 3.05) is 6.66 Å². The lowest BCUT2D eigenvalue weighted by Gasteiger charge is -2.05. The summed E-state index contributed by atoms with van der Waals surface area (Å²) < 4.78 is 0. The molecular weight excluding hydrogens is 120 g/mol. The standard InChI is InChI=1S/C3H12B2P2/c1-4-7(5-2)6-3/h4-6H,1-3H3. The number of hydrogen-bond acceptors (Lipinski definition) is 0. The van der Waals surface area contributed by atoms with Gasteiger partial charge in [-0.1, -0.05) is 13.6 Å². The van der Waals surface area contributed by atoms with Crippen LogP contribution in [0.2, 0.25) is 13.6 Å². The zero-order chi connectivity index (χ0) is 5.70. The molecule has 0 bridgehead atoms. The van der Waals surface area contributed by atoms with E-state index in [1.165, 1.54) is 22.3 Å². The molecule has 0 rings (SSSR count). The first-order chi connectivity index (χ1) is 3.35. The molecule has 4 heteroatoms. The van der Waals surface area contributed by atoms with Gasteiger partial charge in [0.2, 0.25) is 0 Å². The predicted molar refractivity (Wildman–Crippen MR) is 47.2 cm³/mol. The third-order valence-corrected chi connectivity index (χ3v) is 7.03. The van der Waals surface area contributed by atoms with E-state index in [1.807, 2.05) is 0 Å². The van der Waals surface area contributed by atoms with Gasteiger partial charge in [-0.3, -0.25) is 0 Å². The fourth-order valence-corrected chi connectivity index (χ4v) is 3.52. The minimum Gasteiger partial charge on any atom is -0.158 e. The number of rotatable bonds is 3. The van der Waals surface area contributed by atoms with Gasteiger partial charge in [-0.25, -0.2) is 0 Å². The molecule has 0 saturated carbocycles. The molecule has 0 heterocycles. The average Bonchev–Trinajstić information content (AvgIpc) is 1.72. The molecule has 0 amide bonds. The molecule has 0 aromatic heterocycles. The maximum Gasteiger partial charge on any atom is 0.143 e. The van der Waals surface area contributed by atoms with E-state index in [0.29, 0.717) is 7.37 Å².